The molecule has 1 atom stereocenters. The number of methoxy groups -OCH3 is 3. The van der Waals surface area contributed by atoms with Crippen LogP contribution in [0.5, 0.6) is 11.5 Å². The minimum atomic E-state index is 0.0819. The summed E-state index contributed by atoms with van der Waals surface area (Å²) in [5.74, 6) is 1.57. The Morgan fingerprint density at radius 2 is 1.90 bits per heavy atom. The number of rotatable bonds is 10. The molecule has 5 nitrogen and oxygen atoms in total. The molecule has 0 amide bonds. The summed E-state index contributed by atoms with van der Waals surface area (Å²) < 4.78 is 21.3. The normalized spacial score (nSPS) is 12.2. The summed E-state index contributed by atoms with van der Waals surface area (Å²) in [4.78, 5) is 0. The summed E-state index contributed by atoms with van der Waals surface area (Å²) >= 11 is 0. The molecule has 1 N–H and O–H groups in total. The molecule has 0 heterocycles. The van der Waals surface area contributed by atoms with Crippen molar-refractivity contribution in [1.29, 1.82) is 0 Å². The molecule has 0 aliphatic carbocycles. The summed E-state index contributed by atoms with van der Waals surface area (Å²) in [5.41, 5.74) is 1.06. The molecule has 5 heteroatoms. The Labute approximate surface area is 121 Å². The highest BCUT2D eigenvalue weighted by Crippen LogP contribution is 2.29. The van der Waals surface area contributed by atoms with E-state index in [0.29, 0.717) is 13.2 Å². The van der Waals surface area contributed by atoms with E-state index in [1.807, 2.05) is 25.2 Å². The van der Waals surface area contributed by atoms with Crippen LogP contribution in [0.1, 0.15) is 18.0 Å². The van der Waals surface area contributed by atoms with Gasteiger partial charge in [-0.2, -0.15) is 0 Å². The first-order valence-corrected chi connectivity index (χ1v) is 6.72. The van der Waals surface area contributed by atoms with Crippen LogP contribution in [0, 0.1) is 0 Å². The molecule has 1 aromatic carbocycles. The number of nitrogens with one attached hydrogen (secondary N) is 1. The maximum Gasteiger partial charge on any atom is 0.127 e. The van der Waals surface area contributed by atoms with Gasteiger partial charge in [-0.25, -0.2) is 0 Å². The summed E-state index contributed by atoms with van der Waals surface area (Å²) in [6.45, 7) is 1.99. The zero-order chi connectivity index (χ0) is 14.8. The Hall–Kier alpha value is -1.30. The van der Waals surface area contributed by atoms with Crippen molar-refractivity contribution in [2.24, 2.45) is 0 Å². The van der Waals surface area contributed by atoms with Gasteiger partial charge in [-0.15, -0.1) is 0 Å². The average molecular weight is 283 g/mol. The Morgan fingerprint density at radius 1 is 1.10 bits per heavy atom. The van der Waals surface area contributed by atoms with Gasteiger partial charge in [0, 0.05) is 32.0 Å². The molecule has 20 heavy (non-hydrogen) atoms. The lowest BCUT2D eigenvalue weighted by Crippen LogP contribution is -2.23. The van der Waals surface area contributed by atoms with Gasteiger partial charge in [0.25, 0.3) is 0 Å². The standard InChI is InChI=1S/C15H25NO4/c1-16-14(11-20-9-5-8-17-2)13-7-6-12(18-3)10-15(13)19-4/h6-7,10,14,16H,5,8-9,11H2,1-4H3. The first-order valence-electron chi connectivity index (χ1n) is 6.72. The van der Waals surface area contributed by atoms with E-state index < -0.39 is 0 Å². The molecule has 0 aromatic heterocycles. The lowest BCUT2D eigenvalue weighted by Gasteiger charge is -2.20. The monoisotopic (exact) mass is 283 g/mol. The van der Waals surface area contributed by atoms with Crippen LogP contribution in [-0.4, -0.2) is 48.2 Å². The second-order valence-electron chi connectivity index (χ2n) is 4.37. The zero-order valence-electron chi connectivity index (χ0n) is 12.8. The fourth-order valence-electron chi connectivity index (χ4n) is 1.94. The smallest absolute Gasteiger partial charge is 0.127 e. The topological polar surface area (TPSA) is 49.0 Å². The van der Waals surface area contributed by atoms with Crippen molar-refractivity contribution >= 4 is 0 Å². The second kappa shape index (κ2) is 9.58. The highest BCUT2D eigenvalue weighted by Gasteiger charge is 2.15. The minimum absolute atomic E-state index is 0.0819. The fraction of sp³-hybridized carbons (Fsp3) is 0.600. The number of benzene rings is 1. The zero-order valence-corrected chi connectivity index (χ0v) is 12.8. The summed E-state index contributed by atoms with van der Waals surface area (Å²) in [6, 6.07) is 5.88. The SMILES string of the molecule is CNC(COCCCOC)c1ccc(OC)cc1OC. The molecule has 1 rings (SSSR count). The minimum Gasteiger partial charge on any atom is -0.497 e. The van der Waals surface area contributed by atoms with Crippen molar-refractivity contribution < 1.29 is 18.9 Å². The van der Waals surface area contributed by atoms with E-state index in [9.17, 15) is 0 Å². The van der Waals surface area contributed by atoms with Crippen LogP contribution in [0.25, 0.3) is 0 Å². The molecule has 0 bridgehead atoms. The molecule has 1 unspecified atom stereocenters. The van der Waals surface area contributed by atoms with E-state index in [-0.39, 0.29) is 6.04 Å². The van der Waals surface area contributed by atoms with Gasteiger partial charge >= 0.3 is 0 Å². The molecule has 0 saturated carbocycles. The predicted molar refractivity (Wildman–Crippen MR) is 78.7 cm³/mol. The van der Waals surface area contributed by atoms with E-state index in [1.165, 1.54) is 0 Å². The second-order valence-corrected chi connectivity index (χ2v) is 4.37. The number of ether oxygens (including phenoxy) is 4. The van der Waals surface area contributed by atoms with Crippen molar-refractivity contribution in [1.82, 2.24) is 5.32 Å². The molecule has 0 aliphatic rings. The van der Waals surface area contributed by atoms with E-state index in [1.54, 1.807) is 21.3 Å². The Balaban J connectivity index is 2.64. The summed E-state index contributed by atoms with van der Waals surface area (Å²) in [6.07, 6.45) is 0.896. The van der Waals surface area contributed by atoms with Crippen LogP contribution >= 0.6 is 0 Å². The number of hydrogen-bond acceptors (Lipinski definition) is 5. The highest BCUT2D eigenvalue weighted by molar-refractivity contribution is 5.42. The van der Waals surface area contributed by atoms with E-state index in [2.05, 4.69) is 5.32 Å². The van der Waals surface area contributed by atoms with Gasteiger partial charge in [-0.3, -0.25) is 0 Å². The van der Waals surface area contributed by atoms with Gasteiger partial charge in [0.05, 0.1) is 26.9 Å². The summed E-state index contributed by atoms with van der Waals surface area (Å²) in [7, 11) is 6.90. The van der Waals surface area contributed by atoms with Crippen molar-refractivity contribution in [2.75, 3.05) is 48.2 Å². The van der Waals surface area contributed by atoms with Crippen molar-refractivity contribution in [2.45, 2.75) is 12.5 Å². The van der Waals surface area contributed by atoms with E-state index in [4.69, 9.17) is 18.9 Å². The third-order valence-corrected chi connectivity index (χ3v) is 3.09. The largest absolute Gasteiger partial charge is 0.497 e. The van der Waals surface area contributed by atoms with Crippen molar-refractivity contribution in [3.05, 3.63) is 23.8 Å². The molecule has 0 saturated heterocycles. The first kappa shape index (κ1) is 16.8. The Bertz CT molecular complexity index is 384. The maximum atomic E-state index is 5.67. The molecular weight excluding hydrogens is 258 g/mol. The van der Waals surface area contributed by atoms with Crippen molar-refractivity contribution in [3.63, 3.8) is 0 Å². The van der Waals surface area contributed by atoms with E-state index in [0.717, 1.165) is 30.1 Å². The Morgan fingerprint density at radius 3 is 2.50 bits per heavy atom. The Kier molecular flexibility index (Phi) is 8.02. The number of hydrogen-bond donors (Lipinski definition) is 1. The van der Waals surface area contributed by atoms with Crippen LogP contribution < -0.4 is 14.8 Å². The molecule has 1 aromatic rings. The van der Waals surface area contributed by atoms with Gasteiger partial charge in [0.2, 0.25) is 0 Å². The lowest BCUT2D eigenvalue weighted by atomic mass is 10.1. The van der Waals surface area contributed by atoms with Gasteiger partial charge in [0.15, 0.2) is 0 Å². The van der Waals surface area contributed by atoms with Gasteiger partial charge in [-0.05, 0) is 25.6 Å². The third kappa shape index (κ3) is 5.00. The van der Waals surface area contributed by atoms with Gasteiger partial charge in [-0.1, -0.05) is 0 Å². The van der Waals surface area contributed by atoms with Gasteiger partial charge < -0.3 is 24.3 Å². The van der Waals surface area contributed by atoms with Crippen LogP contribution in [-0.2, 0) is 9.47 Å². The molecule has 0 spiro atoms. The predicted octanol–water partition coefficient (Wildman–Crippen LogP) is 2.02. The van der Waals surface area contributed by atoms with Crippen molar-refractivity contribution in [3.8, 4) is 11.5 Å². The lowest BCUT2D eigenvalue weighted by molar-refractivity contribution is 0.0884. The average Bonchev–Trinajstić information content (AvgIpc) is 2.50. The fourth-order valence-corrected chi connectivity index (χ4v) is 1.94. The number of likely N-dealkylation sites (N-methyl/N-ethyl adjacent to an activating group) is 1. The van der Waals surface area contributed by atoms with Crippen LogP contribution in [0.4, 0.5) is 0 Å². The van der Waals surface area contributed by atoms with Crippen LogP contribution in [0.3, 0.4) is 0 Å². The summed E-state index contributed by atoms with van der Waals surface area (Å²) in [5, 5.41) is 3.24. The quantitative estimate of drug-likeness (QED) is 0.666. The highest BCUT2D eigenvalue weighted by atomic mass is 16.5. The van der Waals surface area contributed by atoms with Gasteiger partial charge in [0.1, 0.15) is 11.5 Å². The van der Waals surface area contributed by atoms with E-state index >= 15 is 0 Å². The maximum absolute atomic E-state index is 5.67. The van der Waals surface area contributed by atoms with Crippen LogP contribution in [0.2, 0.25) is 0 Å². The first-order chi connectivity index (χ1) is 9.76. The molecular formula is C15H25NO4. The van der Waals surface area contributed by atoms with Crippen LogP contribution in [0.15, 0.2) is 18.2 Å². The third-order valence-electron chi connectivity index (χ3n) is 3.09. The molecule has 0 fully saturated rings. The molecule has 0 radical (unpaired) electrons. The molecule has 114 valence electrons. The molecule has 0 aliphatic heterocycles.